The quantitative estimate of drug-likeness (QED) is 0.410. The van der Waals surface area contributed by atoms with Gasteiger partial charge in [-0.1, -0.05) is 43.4 Å². The van der Waals surface area contributed by atoms with Crippen LogP contribution in [0.25, 0.3) is 0 Å². The lowest BCUT2D eigenvalue weighted by atomic mass is 10.0. The Morgan fingerprint density at radius 2 is 1.61 bits per heavy atom. The summed E-state index contributed by atoms with van der Waals surface area (Å²) in [7, 11) is -3.53. The van der Waals surface area contributed by atoms with Crippen molar-refractivity contribution in [2.75, 3.05) is 19.8 Å². The van der Waals surface area contributed by atoms with Crippen molar-refractivity contribution in [3.63, 3.8) is 0 Å². The van der Waals surface area contributed by atoms with Crippen LogP contribution in [0.2, 0.25) is 19.1 Å². The lowest BCUT2D eigenvalue weighted by Gasteiger charge is -2.37. The Morgan fingerprint density at radius 1 is 1.04 bits per heavy atom. The fraction of sp³-hybridized carbons (Fsp3) is 0.727. The molecule has 0 aliphatic heterocycles. The summed E-state index contributed by atoms with van der Waals surface area (Å²) in [5, 5.41) is 0. The van der Waals surface area contributed by atoms with Crippen molar-refractivity contribution >= 4 is 17.6 Å². The molecule has 0 amide bonds. The summed E-state index contributed by atoms with van der Waals surface area (Å²) in [5.74, 6) is 0. The summed E-state index contributed by atoms with van der Waals surface area (Å²) in [6.07, 6.45) is 1.02. The molecule has 0 spiro atoms. The first-order chi connectivity index (χ1) is 13.1. The monoisotopic (exact) mass is 425 g/mol. The van der Waals surface area contributed by atoms with Gasteiger partial charge in [0.1, 0.15) is 0 Å². The van der Waals surface area contributed by atoms with Crippen molar-refractivity contribution in [1.82, 2.24) is 4.90 Å². The van der Waals surface area contributed by atoms with E-state index in [0.717, 1.165) is 25.6 Å². The van der Waals surface area contributed by atoms with Crippen LogP contribution in [0.3, 0.4) is 0 Å². The minimum Gasteiger partial charge on any atom is -0.374 e. The Balaban J connectivity index is 2.81. The molecule has 28 heavy (non-hydrogen) atoms. The Labute approximate surface area is 176 Å². The van der Waals surface area contributed by atoms with Gasteiger partial charge in [-0.3, -0.25) is 4.90 Å². The molecule has 4 nitrogen and oxygen atoms in total. The molecule has 0 aliphatic rings. The zero-order chi connectivity index (χ0) is 21.2. The van der Waals surface area contributed by atoms with Crippen molar-refractivity contribution < 1.29 is 13.3 Å². The second-order valence-electron chi connectivity index (χ2n) is 8.80. The predicted octanol–water partition coefficient (Wildman–Crippen LogP) is 5.12. The fourth-order valence-electron chi connectivity index (χ4n) is 3.11. The largest absolute Gasteiger partial charge is 0.500 e. The van der Waals surface area contributed by atoms with Gasteiger partial charge in [0.15, 0.2) is 0 Å². The van der Waals surface area contributed by atoms with Gasteiger partial charge < -0.3 is 13.3 Å². The first-order valence-corrected chi connectivity index (χ1v) is 15.8. The summed E-state index contributed by atoms with van der Waals surface area (Å²) >= 11 is 0. The van der Waals surface area contributed by atoms with Crippen molar-refractivity contribution in [2.45, 2.75) is 84.9 Å². The molecule has 1 rings (SSSR count). The van der Waals surface area contributed by atoms with E-state index in [0.29, 0.717) is 13.2 Å². The highest BCUT2D eigenvalue weighted by Crippen LogP contribution is 2.24. The molecule has 6 heteroatoms. The number of hydrogen-bond acceptors (Lipinski definition) is 4. The van der Waals surface area contributed by atoms with Crippen LogP contribution in [0.5, 0.6) is 0 Å². The van der Waals surface area contributed by atoms with E-state index in [2.05, 4.69) is 76.0 Å². The number of nitrogens with zero attached hydrogens (tertiary/aromatic N) is 1. The summed E-state index contributed by atoms with van der Waals surface area (Å²) < 4.78 is 18.9. The van der Waals surface area contributed by atoms with E-state index in [1.165, 1.54) is 5.56 Å². The van der Waals surface area contributed by atoms with Gasteiger partial charge in [-0.05, 0) is 60.1 Å². The molecule has 0 aliphatic carbocycles. The van der Waals surface area contributed by atoms with Gasteiger partial charge in [0.25, 0.3) is 0 Å². The van der Waals surface area contributed by atoms with Crippen LogP contribution >= 0.6 is 0 Å². The predicted molar refractivity (Wildman–Crippen MR) is 124 cm³/mol. The zero-order valence-electron chi connectivity index (χ0n) is 19.5. The van der Waals surface area contributed by atoms with Gasteiger partial charge in [0.05, 0.1) is 8.80 Å². The van der Waals surface area contributed by atoms with Gasteiger partial charge in [0, 0.05) is 37.1 Å². The molecule has 0 saturated heterocycles. The molecule has 0 saturated carbocycles. The average Bonchev–Trinajstić information content (AvgIpc) is 2.61. The SMILES string of the molecule is CCO[Si](CCCN(Cc1ccccc1)C(C)(C)C)(OCC)OC(C)[SiH](C)C. The average molecular weight is 426 g/mol. The lowest BCUT2D eigenvalue weighted by Crippen LogP contribution is -2.51. The van der Waals surface area contributed by atoms with Crippen molar-refractivity contribution in [3.05, 3.63) is 35.9 Å². The summed E-state index contributed by atoms with van der Waals surface area (Å²) in [5.41, 5.74) is 1.73. The molecular formula is C22H43NO3Si2. The van der Waals surface area contributed by atoms with Gasteiger partial charge >= 0.3 is 8.80 Å². The number of rotatable bonds is 13. The first kappa shape index (κ1) is 25.5. The van der Waals surface area contributed by atoms with Gasteiger partial charge in [-0.15, -0.1) is 0 Å². The minimum atomic E-state index is -2.63. The van der Waals surface area contributed by atoms with E-state index in [1.807, 2.05) is 13.8 Å². The highest BCUT2D eigenvalue weighted by atomic mass is 28.4. The highest BCUT2D eigenvalue weighted by Gasteiger charge is 2.42. The summed E-state index contributed by atoms with van der Waals surface area (Å²) in [6.45, 7) is 21.0. The maximum Gasteiger partial charge on any atom is 0.500 e. The third-order valence-electron chi connectivity index (χ3n) is 5.11. The molecule has 0 fully saturated rings. The van der Waals surface area contributed by atoms with Crippen LogP contribution < -0.4 is 0 Å². The van der Waals surface area contributed by atoms with Crippen LogP contribution in [0.15, 0.2) is 30.3 Å². The molecule has 0 bridgehead atoms. The standard InChI is InChI=1S/C22H43NO3Si2/c1-9-24-28(25-10-2,26-20(3)27(7)8)18-14-17-23(22(4,5)6)19-21-15-12-11-13-16-21/h11-13,15-16,20,27H,9-10,14,17-19H2,1-8H3. The normalized spacial score (nSPS) is 14.1. The Morgan fingerprint density at radius 3 is 2.07 bits per heavy atom. The second kappa shape index (κ2) is 12.2. The molecule has 0 aromatic heterocycles. The molecule has 0 N–H and O–H groups in total. The molecular weight excluding hydrogens is 382 g/mol. The maximum atomic E-state index is 6.50. The van der Waals surface area contributed by atoms with Crippen LogP contribution in [0.1, 0.15) is 53.5 Å². The topological polar surface area (TPSA) is 30.9 Å². The van der Waals surface area contributed by atoms with E-state index < -0.39 is 17.6 Å². The van der Waals surface area contributed by atoms with Crippen LogP contribution in [0.4, 0.5) is 0 Å². The molecule has 1 unspecified atom stereocenters. The third kappa shape index (κ3) is 8.88. The highest BCUT2D eigenvalue weighted by molar-refractivity contribution is 6.63. The minimum absolute atomic E-state index is 0.107. The first-order valence-electron chi connectivity index (χ1n) is 10.9. The van der Waals surface area contributed by atoms with E-state index in [1.54, 1.807) is 0 Å². The van der Waals surface area contributed by atoms with Crippen LogP contribution in [0, 0.1) is 0 Å². The zero-order valence-corrected chi connectivity index (χ0v) is 21.6. The van der Waals surface area contributed by atoms with Crippen molar-refractivity contribution in [3.8, 4) is 0 Å². The molecule has 162 valence electrons. The van der Waals surface area contributed by atoms with Crippen molar-refractivity contribution in [1.29, 1.82) is 0 Å². The third-order valence-corrected chi connectivity index (χ3v) is 10.5. The van der Waals surface area contributed by atoms with Gasteiger partial charge in [0.2, 0.25) is 0 Å². The van der Waals surface area contributed by atoms with Gasteiger partial charge in [-0.25, -0.2) is 0 Å². The summed E-state index contributed by atoms with van der Waals surface area (Å²) in [4.78, 5) is 2.54. The van der Waals surface area contributed by atoms with Crippen molar-refractivity contribution in [2.24, 2.45) is 0 Å². The molecule has 1 atom stereocenters. The Bertz CT molecular complexity index is 528. The van der Waals surface area contributed by atoms with Crippen LogP contribution in [-0.4, -0.2) is 53.5 Å². The Kier molecular flexibility index (Phi) is 11.2. The Hall–Kier alpha value is -0.506. The van der Waals surface area contributed by atoms with E-state index in [4.69, 9.17) is 13.3 Å². The van der Waals surface area contributed by atoms with E-state index >= 15 is 0 Å². The smallest absolute Gasteiger partial charge is 0.374 e. The molecule has 0 heterocycles. The van der Waals surface area contributed by atoms with E-state index in [-0.39, 0.29) is 11.3 Å². The van der Waals surface area contributed by atoms with E-state index in [9.17, 15) is 0 Å². The summed E-state index contributed by atoms with van der Waals surface area (Å²) in [6, 6.07) is 11.6. The van der Waals surface area contributed by atoms with Crippen LogP contribution in [-0.2, 0) is 19.8 Å². The molecule has 1 aromatic rings. The lowest BCUT2D eigenvalue weighted by molar-refractivity contribution is 0.0557. The second-order valence-corrected chi connectivity index (χ2v) is 14.9. The maximum absolute atomic E-state index is 6.50. The van der Waals surface area contributed by atoms with Gasteiger partial charge in [-0.2, -0.15) is 0 Å². The molecule has 1 aromatic carbocycles. The molecule has 0 radical (unpaired) electrons. The number of benzene rings is 1. The number of hydrogen-bond donors (Lipinski definition) is 0. The fourth-order valence-corrected chi connectivity index (χ4v) is 7.49.